The van der Waals surface area contributed by atoms with Crippen molar-refractivity contribution in [2.45, 2.75) is 23.1 Å². The normalized spacial score (nSPS) is 22.3. The average molecular weight is 336 g/mol. The maximum atomic E-state index is 12.6. The maximum Gasteiger partial charge on any atom is 0.257 e. The van der Waals surface area contributed by atoms with E-state index >= 15 is 0 Å². The number of benzene rings is 2. The largest absolute Gasteiger partial charge is 0.365 e. The molecule has 0 spiro atoms. The zero-order chi connectivity index (χ0) is 16.7. The second-order valence-electron chi connectivity index (χ2n) is 5.85. The van der Waals surface area contributed by atoms with Crippen molar-refractivity contribution in [3.63, 3.8) is 0 Å². The Kier molecular flexibility index (Phi) is 3.55. The van der Waals surface area contributed by atoms with Crippen LogP contribution in [0.4, 0.5) is 0 Å². The maximum absolute atomic E-state index is 12.6. The van der Waals surface area contributed by atoms with Gasteiger partial charge in [0.15, 0.2) is 10.9 Å². The topological polar surface area (TPSA) is 55.1 Å². The standard InChI is InChI=1S/C19H16N2O2S/c1-13-12-16(22)21-18(20-13)24-17(14-8-4-2-5-9-14)19(21,23)15-10-6-3-7-11-15/h2-12,17,23H,1H3/t17-,19-/m0/s1. The summed E-state index contributed by atoms with van der Waals surface area (Å²) >= 11 is 1.42. The number of rotatable bonds is 2. The van der Waals surface area contributed by atoms with Gasteiger partial charge in [0, 0.05) is 17.3 Å². The van der Waals surface area contributed by atoms with E-state index in [-0.39, 0.29) is 10.8 Å². The number of aromatic nitrogens is 2. The molecule has 1 aromatic heterocycles. The Morgan fingerprint density at radius 2 is 1.71 bits per heavy atom. The SMILES string of the molecule is Cc1cc(=O)n2c(n1)S[C@@H](c1ccccc1)[C@@]2(O)c1ccccc1. The first-order valence-corrected chi connectivity index (χ1v) is 8.59. The summed E-state index contributed by atoms with van der Waals surface area (Å²) in [6.45, 7) is 1.79. The first kappa shape index (κ1) is 15.2. The third kappa shape index (κ3) is 2.20. The molecule has 0 fully saturated rings. The van der Waals surface area contributed by atoms with Crippen molar-refractivity contribution in [1.82, 2.24) is 9.55 Å². The number of aliphatic hydroxyl groups is 1. The van der Waals surface area contributed by atoms with E-state index in [1.165, 1.54) is 22.4 Å². The fourth-order valence-corrected chi connectivity index (χ4v) is 4.60. The number of hydrogen-bond donors (Lipinski definition) is 1. The van der Waals surface area contributed by atoms with E-state index in [2.05, 4.69) is 4.98 Å². The molecule has 2 atom stereocenters. The van der Waals surface area contributed by atoms with Crippen LogP contribution in [0.25, 0.3) is 0 Å². The molecule has 4 nitrogen and oxygen atoms in total. The van der Waals surface area contributed by atoms with E-state index < -0.39 is 5.72 Å². The predicted octanol–water partition coefficient (Wildman–Crippen LogP) is 3.09. The molecule has 4 rings (SSSR count). The Morgan fingerprint density at radius 1 is 1.08 bits per heavy atom. The Bertz CT molecular complexity index is 941. The molecule has 0 saturated carbocycles. The minimum Gasteiger partial charge on any atom is -0.365 e. The van der Waals surface area contributed by atoms with Gasteiger partial charge in [0.2, 0.25) is 0 Å². The predicted molar refractivity (Wildman–Crippen MR) is 94.0 cm³/mol. The van der Waals surface area contributed by atoms with E-state index in [1.54, 1.807) is 6.92 Å². The fraction of sp³-hybridized carbons (Fsp3) is 0.158. The van der Waals surface area contributed by atoms with Gasteiger partial charge in [-0.2, -0.15) is 0 Å². The smallest absolute Gasteiger partial charge is 0.257 e. The highest BCUT2D eigenvalue weighted by Gasteiger charge is 2.49. The number of nitrogens with zero attached hydrogens (tertiary/aromatic N) is 2. The highest BCUT2D eigenvalue weighted by atomic mass is 32.2. The number of aryl methyl sites for hydroxylation is 1. The molecular formula is C19H16N2O2S. The molecule has 2 aromatic carbocycles. The van der Waals surface area contributed by atoms with Gasteiger partial charge in [0.25, 0.3) is 5.56 Å². The van der Waals surface area contributed by atoms with Crippen molar-refractivity contribution >= 4 is 11.8 Å². The van der Waals surface area contributed by atoms with Crippen molar-refractivity contribution in [2.24, 2.45) is 0 Å². The minimum absolute atomic E-state index is 0.241. The van der Waals surface area contributed by atoms with Gasteiger partial charge in [-0.15, -0.1) is 0 Å². The van der Waals surface area contributed by atoms with Gasteiger partial charge in [-0.05, 0) is 12.5 Å². The van der Waals surface area contributed by atoms with Crippen LogP contribution in [0.1, 0.15) is 22.1 Å². The second kappa shape index (κ2) is 5.61. The van der Waals surface area contributed by atoms with Gasteiger partial charge in [-0.1, -0.05) is 72.4 Å². The van der Waals surface area contributed by atoms with Gasteiger partial charge in [-0.3, -0.25) is 9.36 Å². The third-order valence-corrected chi connectivity index (χ3v) is 5.57. The Labute approximate surface area is 143 Å². The molecule has 1 aliphatic heterocycles. The lowest BCUT2D eigenvalue weighted by molar-refractivity contribution is -0.00250. The van der Waals surface area contributed by atoms with Crippen LogP contribution in [0.15, 0.2) is 76.7 Å². The lowest BCUT2D eigenvalue weighted by atomic mass is 9.94. The monoisotopic (exact) mass is 336 g/mol. The van der Waals surface area contributed by atoms with Crippen LogP contribution in [0.5, 0.6) is 0 Å². The summed E-state index contributed by atoms with van der Waals surface area (Å²) in [5, 5.41) is 11.9. The Morgan fingerprint density at radius 3 is 2.38 bits per heavy atom. The molecule has 2 heterocycles. The van der Waals surface area contributed by atoms with Crippen LogP contribution in [0, 0.1) is 6.92 Å². The van der Waals surface area contributed by atoms with Crippen LogP contribution >= 0.6 is 11.8 Å². The van der Waals surface area contributed by atoms with Crippen molar-refractivity contribution in [1.29, 1.82) is 0 Å². The van der Waals surface area contributed by atoms with Crippen molar-refractivity contribution < 1.29 is 5.11 Å². The molecule has 3 aromatic rings. The zero-order valence-electron chi connectivity index (χ0n) is 13.1. The lowest BCUT2D eigenvalue weighted by Crippen LogP contribution is -2.42. The number of fused-ring (bicyclic) bond motifs is 1. The molecule has 0 saturated heterocycles. The van der Waals surface area contributed by atoms with Gasteiger partial charge >= 0.3 is 0 Å². The summed E-state index contributed by atoms with van der Waals surface area (Å²) in [6, 6.07) is 20.5. The summed E-state index contributed by atoms with van der Waals surface area (Å²) in [6.07, 6.45) is 0. The van der Waals surface area contributed by atoms with Crippen LogP contribution in [0.2, 0.25) is 0 Å². The van der Waals surface area contributed by atoms with E-state index in [9.17, 15) is 9.90 Å². The zero-order valence-corrected chi connectivity index (χ0v) is 13.9. The van der Waals surface area contributed by atoms with Crippen LogP contribution in [-0.4, -0.2) is 14.7 Å². The molecular weight excluding hydrogens is 320 g/mol. The molecule has 0 amide bonds. The average Bonchev–Trinajstić information content (AvgIpc) is 2.90. The summed E-state index contributed by atoms with van der Waals surface area (Å²) in [4.78, 5) is 17.1. The number of hydrogen-bond acceptors (Lipinski definition) is 4. The molecule has 24 heavy (non-hydrogen) atoms. The molecule has 0 aliphatic carbocycles. The third-order valence-electron chi connectivity index (χ3n) is 4.25. The number of thioether (sulfide) groups is 1. The van der Waals surface area contributed by atoms with E-state index in [1.807, 2.05) is 60.7 Å². The van der Waals surface area contributed by atoms with E-state index in [4.69, 9.17) is 0 Å². The second-order valence-corrected chi connectivity index (χ2v) is 6.93. The molecule has 5 heteroatoms. The van der Waals surface area contributed by atoms with Gasteiger partial charge < -0.3 is 5.11 Å². The highest BCUT2D eigenvalue weighted by molar-refractivity contribution is 7.99. The fourth-order valence-electron chi connectivity index (χ4n) is 3.16. The first-order valence-electron chi connectivity index (χ1n) is 7.71. The molecule has 0 unspecified atom stereocenters. The molecule has 0 bridgehead atoms. The van der Waals surface area contributed by atoms with Crippen LogP contribution in [-0.2, 0) is 5.72 Å². The van der Waals surface area contributed by atoms with Crippen LogP contribution < -0.4 is 5.56 Å². The summed E-state index contributed by atoms with van der Waals surface area (Å²) < 4.78 is 1.41. The quantitative estimate of drug-likeness (QED) is 0.731. The van der Waals surface area contributed by atoms with Gasteiger partial charge in [-0.25, -0.2) is 4.98 Å². The lowest BCUT2D eigenvalue weighted by Gasteiger charge is -2.31. The Balaban J connectivity index is 2.00. The van der Waals surface area contributed by atoms with Gasteiger partial charge in [0.1, 0.15) is 0 Å². The molecule has 120 valence electrons. The minimum atomic E-state index is -1.47. The van der Waals surface area contributed by atoms with E-state index in [0.717, 1.165) is 5.56 Å². The first-order chi connectivity index (χ1) is 11.6. The Hall–Kier alpha value is -2.37. The van der Waals surface area contributed by atoms with Crippen molar-refractivity contribution in [2.75, 3.05) is 0 Å². The van der Waals surface area contributed by atoms with Crippen LogP contribution in [0.3, 0.4) is 0 Å². The van der Waals surface area contributed by atoms with Gasteiger partial charge in [0.05, 0.1) is 5.25 Å². The van der Waals surface area contributed by atoms with Crippen molar-refractivity contribution in [3.05, 3.63) is 93.9 Å². The molecule has 0 radical (unpaired) electrons. The summed E-state index contributed by atoms with van der Waals surface area (Å²) in [5.74, 6) is 0. The van der Waals surface area contributed by atoms with Crippen molar-refractivity contribution in [3.8, 4) is 0 Å². The molecule has 1 aliphatic rings. The summed E-state index contributed by atoms with van der Waals surface area (Å²) in [7, 11) is 0. The van der Waals surface area contributed by atoms with E-state index in [0.29, 0.717) is 16.4 Å². The highest BCUT2D eigenvalue weighted by Crippen LogP contribution is 2.53. The summed E-state index contributed by atoms with van der Waals surface area (Å²) in [5.41, 5.74) is 0.576. The molecule has 1 N–H and O–H groups in total.